The Morgan fingerprint density at radius 3 is 2.21 bits per heavy atom. The molecule has 1 aliphatic carbocycles. The standard InChI is InChI=1S/C22H35N5O/c28-21(27-17-15-26(16-18-27)20-7-11-23-12-8-20)24-22(9-3-1-4-10-22)19-25-13-5-2-6-14-25/h7-8,11-12H,1-6,9-10,13-19H2,(H,24,28). The number of piperidine rings is 1. The lowest BCUT2D eigenvalue weighted by Crippen LogP contribution is -2.61. The van der Waals surface area contributed by atoms with Gasteiger partial charge in [-0.05, 0) is 50.9 Å². The fourth-order valence-electron chi connectivity index (χ4n) is 5.13. The summed E-state index contributed by atoms with van der Waals surface area (Å²) >= 11 is 0. The first-order chi connectivity index (χ1) is 13.7. The number of piperazine rings is 1. The minimum Gasteiger partial charge on any atom is -0.368 e. The van der Waals surface area contributed by atoms with Crippen molar-refractivity contribution in [2.45, 2.75) is 56.9 Å². The van der Waals surface area contributed by atoms with E-state index >= 15 is 0 Å². The molecule has 28 heavy (non-hydrogen) atoms. The molecule has 2 aliphatic heterocycles. The largest absolute Gasteiger partial charge is 0.368 e. The Bertz CT molecular complexity index is 617. The molecule has 6 heteroatoms. The van der Waals surface area contributed by atoms with Crippen LogP contribution in [0, 0.1) is 0 Å². The first-order valence-electron chi connectivity index (χ1n) is 11.2. The Balaban J connectivity index is 1.34. The maximum atomic E-state index is 13.1. The van der Waals surface area contributed by atoms with Crippen LogP contribution in [-0.2, 0) is 0 Å². The van der Waals surface area contributed by atoms with E-state index in [4.69, 9.17) is 0 Å². The van der Waals surface area contributed by atoms with E-state index in [0.717, 1.165) is 45.6 Å². The van der Waals surface area contributed by atoms with Crippen molar-refractivity contribution in [3.8, 4) is 0 Å². The highest BCUT2D eigenvalue weighted by Gasteiger charge is 2.37. The molecule has 0 bridgehead atoms. The van der Waals surface area contributed by atoms with Gasteiger partial charge in [0.05, 0.1) is 5.54 Å². The highest BCUT2D eigenvalue weighted by Crippen LogP contribution is 2.30. The smallest absolute Gasteiger partial charge is 0.317 e. The number of urea groups is 1. The van der Waals surface area contributed by atoms with Crippen LogP contribution in [0.25, 0.3) is 0 Å². The van der Waals surface area contributed by atoms with Gasteiger partial charge in [-0.2, -0.15) is 0 Å². The molecule has 0 aromatic carbocycles. The van der Waals surface area contributed by atoms with E-state index in [1.54, 1.807) is 0 Å². The first-order valence-corrected chi connectivity index (χ1v) is 11.2. The lowest BCUT2D eigenvalue weighted by atomic mass is 9.81. The lowest BCUT2D eigenvalue weighted by molar-refractivity contribution is 0.116. The molecular formula is C22H35N5O. The van der Waals surface area contributed by atoms with E-state index in [0.29, 0.717) is 0 Å². The normalized spacial score (nSPS) is 23.4. The van der Waals surface area contributed by atoms with Crippen molar-refractivity contribution in [3.63, 3.8) is 0 Å². The third-order valence-corrected chi connectivity index (χ3v) is 6.75. The van der Waals surface area contributed by atoms with Gasteiger partial charge in [-0.15, -0.1) is 0 Å². The average molecular weight is 386 g/mol. The predicted molar refractivity (Wildman–Crippen MR) is 113 cm³/mol. The second-order valence-corrected chi connectivity index (χ2v) is 8.79. The Kier molecular flexibility index (Phi) is 6.35. The summed E-state index contributed by atoms with van der Waals surface area (Å²) in [7, 11) is 0. The van der Waals surface area contributed by atoms with Crippen LogP contribution < -0.4 is 10.2 Å². The summed E-state index contributed by atoms with van der Waals surface area (Å²) in [6.45, 7) is 6.77. The van der Waals surface area contributed by atoms with Crippen molar-refractivity contribution in [1.29, 1.82) is 0 Å². The maximum absolute atomic E-state index is 13.1. The van der Waals surface area contributed by atoms with Crippen molar-refractivity contribution in [3.05, 3.63) is 24.5 Å². The van der Waals surface area contributed by atoms with Gasteiger partial charge in [0.25, 0.3) is 0 Å². The van der Waals surface area contributed by atoms with E-state index < -0.39 is 0 Å². The van der Waals surface area contributed by atoms with E-state index in [1.165, 1.54) is 57.3 Å². The molecule has 1 N–H and O–H groups in total. The fourth-order valence-corrected chi connectivity index (χ4v) is 5.13. The molecule has 0 unspecified atom stereocenters. The van der Waals surface area contributed by atoms with Gasteiger partial charge in [-0.25, -0.2) is 4.79 Å². The zero-order chi connectivity index (χ0) is 19.2. The van der Waals surface area contributed by atoms with Crippen LogP contribution in [0.2, 0.25) is 0 Å². The Hall–Kier alpha value is -1.82. The Labute approximate surface area is 169 Å². The molecule has 154 valence electrons. The number of nitrogens with one attached hydrogen (secondary N) is 1. The second-order valence-electron chi connectivity index (χ2n) is 8.79. The maximum Gasteiger partial charge on any atom is 0.317 e. The van der Waals surface area contributed by atoms with Gasteiger partial charge < -0.3 is 20.0 Å². The highest BCUT2D eigenvalue weighted by molar-refractivity contribution is 5.75. The molecule has 1 aromatic heterocycles. The van der Waals surface area contributed by atoms with Gasteiger partial charge in [0.15, 0.2) is 0 Å². The van der Waals surface area contributed by atoms with Crippen LogP contribution in [0.3, 0.4) is 0 Å². The fraction of sp³-hybridized carbons (Fsp3) is 0.727. The van der Waals surface area contributed by atoms with E-state index in [-0.39, 0.29) is 11.6 Å². The summed E-state index contributed by atoms with van der Waals surface area (Å²) < 4.78 is 0. The van der Waals surface area contributed by atoms with Crippen LogP contribution in [0.5, 0.6) is 0 Å². The summed E-state index contributed by atoms with van der Waals surface area (Å²) in [6.07, 6.45) is 13.7. The third-order valence-electron chi connectivity index (χ3n) is 6.75. The van der Waals surface area contributed by atoms with Crippen molar-refractivity contribution >= 4 is 11.7 Å². The van der Waals surface area contributed by atoms with Crippen molar-refractivity contribution < 1.29 is 4.79 Å². The van der Waals surface area contributed by atoms with Crippen LogP contribution in [0.15, 0.2) is 24.5 Å². The van der Waals surface area contributed by atoms with Crippen molar-refractivity contribution in [1.82, 2.24) is 20.1 Å². The Morgan fingerprint density at radius 1 is 0.893 bits per heavy atom. The summed E-state index contributed by atoms with van der Waals surface area (Å²) in [6, 6.07) is 4.24. The van der Waals surface area contributed by atoms with E-state index in [2.05, 4.69) is 20.1 Å². The van der Waals surface area contributed by atoms with Crippen LogP contribution in [0.1, 0.15) is 51.4 Å². The number of pyridine rings is 1. The summed E-state index contributed by atoms with van der Waals surface area (Å²) in [5.74, 6) is 0. The van der Waals surface area contributed by atoms with Crippen LogP contribution in [0.4, 0.5) is 10.5 Å². The van der Waals surface area contributed by atoms with Crippen LogP contribution >= 0.6 is 0 Å². The number of aromatic nitrogens is 1. The van der Waals surface area contributed by atoms with Gasteiger partial charge in [0.2, 0.25) is 0 Å². The number of hydrogen-bond acceptors (Lipinski definition) is 4. The number of rotatable bonds is 4. The molecule has 0 radical (unpaired) electrons. The zero-order valence-electron chi connectivity index (χ0n) is 17.1. The molecule has 4 rings (SSSR count). The number of anilines is 1. The molecule has 1 aromatic rings. The summed E-state index contributed by atoms with van der Waals surface area (Å²) in [5.41, 5.74) is 1.18. The molecular weight excluding hydrogens is 350 g/mol. The first kappa shape index (κ1) is 19.5. The topological polar surface area (TPSA) is 51.7 Å². The van der Waals surface area contributed by atoms with Gasteiger partial charge in [0.1, 0.15) is 0 Å². The molecule has 2 saturated heterocycles. The monoisotopic (exact) mass is 385 g/mol. The summed E-state index contributed by atoms with van der Waals surface area (Å²) in [4.78, 5) is 24.2. The SMILES string of the molecule is O=C(NC1(CN2CCCCC2)CCCCC1)N1CCN(c2ccncc2)CC1. The average Bonchev–Trinajstić information content (AvgIpc) is 2.76. The van der Waals surface area contributed by atoms with Crippen LogP contribution in [-0.4, -0.2) is 72.2 Å². The van der Waals surface area contributed by atoms with Crippen molar-refractivity contribution in [2.24, 2.45) is 0 Å². The van der Waals surface area contributed by atoms with Gasteiger partial charge in [-0.1, -0.05) is 25.7 Å². The number of carbonyl (C=O) groups is 1. The number of nitrogens with zero attached hydrogens (tertiary/aromatic N) is 4. The molecule has 6 nitrogen and oxygen atoms in total. The molecule has 0 spiro atoms. The quantitative estimate of drug-likeness (QED) is 0.865. The third kappa shape index (κ3) is 4.77. The number of amides is 2. The minimum absolute atomic E-state index is 0.0189. The molecule has 3 fully saturated rings. The molecule has 3 heterocycles. The molecule has 2 amide bonds. The minimum atomic E-state index is -0.0189. The predicted octanol–water partition coefficient (Wildman–Crippen LogP) is 3.10. The van der Waals surface area contributed by atoms with Crippen molar-refractivity contribution in [2.75, 3.05) is 50.7 Å². The van der Waals surface area contributed by atoms with Gasteiger partial charge in [-0.3, -0.25) is 4.98 Å². The Morgan fingerprint density at radius 2 is 1.54 bits per heavy atom. The molecule has 0 atom stereocenters. The van der Waals surface area contributed by atoms with Gasteiger partial charge in [0, 0.05) is 50.8 Å². The highest BCUT2D eigenvalue weighted by atomic mass is 16.2. The molecule has 1 saturated carbocycles. The van der Waals surface area contributed by atoms with E-state index in [1.807, 2.05) is 29.4 Å². The number of hydrogen-bond donors (Lipinski definition) is 1. The van der Waals surface area contributed by atoms with E-state index in [9.17, 15) is 4.79 Å². The number of carbonyl (C=O) groups excluding carboxylic acids is 1. The number of likely N-dealkylation sites (tertiary alicyclic amines) is 1. The molecule has 3 aliphatic rings. The second kappa shape index (κ2) is 9.12. The zero-order valence-corrected chi connectivity index (χ0v) is 17.1. The summed E-state index contributed by atoms with van der Waals surface area (Å²) in [5, 5.41) is 3.52. The van der Waals surface area contributed by atoms with Gasteiger partial charge >= 0.3 is 6.03 Å². The lowest BCUT2D eigenvalue weighted by Gasteiger charge is -2.44.